The predicted octanol–water partition coefficient (Wildman–Crippen LogP) is 6.24. The monoisotopic (exact) mass is 481 g/mol. The molecule has 0 saturated carbocycles. The average molecular weight is 482 g/mol. The van der Waals surface area contributed by atoms with Gasteiger partial charge in [0.2, 0.25) is 0 Å². The van der Waals surface area contributed by atoms with E-state index in [2.05, 4.69) is 121 Å². The molecule has 5 rings (SSSR count). The summed E-state index contributed by atoms with van der Waals surface area (Å²) in [5.74, 6) is 0.479. The standard InChI is InChI=1S/C29H31N5S/c1-20(2)21-10-12-24(13-11-21)34-28(27(31-29(34)35)25-8-5-6-18-30-25)26-9-7-19-33(26)23-16-14-22(15-17-23)32(3)4/h5-20,27-28H,1-4H3,(H,31,35). The minimum absolute atomic E-state index is 0.0641. The Morgan fingerprint density at radius 2 is 1.60 bits per heavy atom. The van der Waals surface area contributed by atoms with E-state index in [1.807, 2.05) is 18.3 Å². The molecule has 5 nitrogen and oxygen atoms in total. The van der Waals surface area contributed by atoms with Gasteiger partial charge in [-0.3, -0.25) is 4.98 Å². The van der Waals surface area contributed by atoms with Gasteiger partial charge in [0.05, 0.1) is 11.7 Å². The van der Waals surface area contributed by atoms with Crippen molar-refractivity contribution in [3.63, 3.8) is 0 Å². The van der Waals surface area contributed by atoms with Crippen molar-refractivity contribution in [3.05, 3.63) is 108 Å². The Morgan fingerprint density at radius 1 is 0.886 bits per heavy atom. The minimum atomic E-state index is -0.0804. The third kappa shape index (κ3) is 4.42. The first kappa shape index (κ1) is 23.1. The molecule has 0 amide bonds. The van der Waals surface area contributed by atoms with E-state index in [-0.39, 0.29) is 12.1 Å². The highest BCUT2D eigenvalue weighted by Crippen LogP contribution is 2.42. The molecule has 178 valence electrons. The molecule has 2 aromatic carbocycles. The van der Waals surface area contributed by atoms with E-state index in [9.17, 15) is 0 Å². The Hall–Kier alpha value is -3.64. The molecular formula is C29H31N5S. The van der Waals surface area contributed by atoms with Crippen molar-refractivity contribution in [2.24, 2.45) is 0 Å². The number of hydrogen-bond donors (Lipinski definition) is 1. The lowest BCUT2D eigenvalue weighted by Crippen LogP contribution is -2.30. The van der Waals surface area contributed by atoms with Crippen molar-refractivity contribution in [1.29, 1.82) is 0 Å². The molecule has 2 atom stereocenters. The van der Waals surface area contributed by atoms with Crippen LogP contribution < -0.4 is 15.1 Å². The van der Waals surface area contributed by atoms with Crippen LogP contribution in [0.4, 0.5) is 11.4 Å². The number of thiocarbonyl (C=S) groups is 1. The van der Waals surface area contributed by atoms with E-state index in [0.717, 1.165) is 22.8 Å². The predicted molar refractivity (Wildman–Crippen MR) is 149 cm³/mol. The number of nitrogens with one attached hydrogen (secondary N) is 1. The number of pyridine rings is 1. The van der Waals surface area contributed by atoms with Crippen molar-refractivity contribution in [1.82, 2.24) is 14.9 Å². The van der Waals surface area contributed by atoms with Gasteiger partial charge in [0.25, 0.3) is 0 Å². The van der Waals surface area contributed by atoms with Crippen LogP contribution in [0.25, 0.3) is 5.69 Å². The van der Waals surface area contributed by atoms with Crippen molar-refractivity contribution < 1.29 is 0 Å². The number of benzene rings is 2. The van der Waals surface area contributed by atoms with Gasteiger partial charge < -0.3 is 19.7 Å². The summed E-state index contributed by atoms with van der Waals surface area (Å²) in [6.45, 7) is 4.43. The van der Waals surface area contributed by atoms with Crippen LogP contribution in [-0.2, 0) is 0 Å². The van der Waals surface area contributed by atoms with Gasteiger partial charge in [-0.25, -0.2) is 0 Å². The highest BCUT2D eigenvalue weighted by atomic mass is 32.1. The highest BCUT2D eigenvalue weighted by Gasteiger charge is 2.42. The number of anilines is 2. The molecule has 35 heavy (non-hydrogen) atoms. The second kappa shape index (κ2) is 9.55. The largest absolute Gasteiger partial charge is 0.378 e. The van der Waals surface area contributed by atoms with Crippen LogP contribution >= 0.6 is 12.2 Å². The second-order valence-electron chi connectivity index (χ2n) is 9.46. The summed E-state index contributed by atoms with van der Waals surface area (Å²) in [5, 5.41) is 4.28. The first-order chi connectivity index (χ1) is 16.9. The van der Waals surface area contributed by atoms with Crippen molar-refractivity contribution in [3.8, 4) is 5.69 Å². The Morgan fingerprint density at radius 3 is 2.23 bits per heavy atom. The molecule has 0 bridgehead atoms. The van der Waals surface area contributed by atoms with Crippen LogP contribution in [0.3, 0.4) is 0 Å². The van der Waals surface area contributed by atoms with Crippen LogP contribution in [0.2, 0.25) is 0 Å². The van der Waals surface area contributed by atoms with E-state index >= 15 is 0 Å². The molecule has 2 aromatic heterocycles. The maximum absolute atomic E-state index is 5.91. The Kier molecular flexibility index (Phi) is 6.31. The summed E-state index contributed by atoms with van der Waals surface area (Å²) in [6.07, 6.45) is 3.97. The summed E-state index contributed by atoms with van der Waals surface area (Å²) in [5.41, 5.74) is 6.79. The number of nitrogens with zero attached hydrogens (tertiary/aromatic N) is 4. The van der Waals surface area contributed by atoms with Crippen molar-refractivity contribution in [2.45, 2.75) is 31.8 Å². The van der Waals surface area contributed by atoms with Gasteiger partial charge in [-0.05, 0) is 84.4 Å². The fraction of sp³-hybridized carbons (Fsp3) is 0.241. The lowest BCUT2D eigenvalue weighted by Gasteiger charge is -2.29. The van der Waals surface area contributed by atoms with Crippen LogP contribution in [0.1, 0.15) is 48.8 Å². The zero-order chi connectivity index (χ0) is 24.5. The normalized spacial score (nSPS) is 17.6. The molecular weight excluding hydrogens is 450 g/mol. The maximum Gasteiger partial charge on any atom is 0.174 e. The topological polar surface area (TPSA) is 36.3 Å². The lowest BCUT2D eigenvalue weighted by atomic mass is 9.99. The van der Waals surface area contributed by atoms with Crippen LogP contribution in [0.15, 0.2) is 91.3 Å². The lowest BCUT2D eigenvalue weighted by molar-refractivity contribution is 0.549. The van der Waals surface area contributed by atoms with E-state index < -0.39 is 0 Å². The van der Waals surface area contributed by atoms with Crippen molar-refractivity contribution in [2.75, 3.05) is 23.9 Å². The zero-order valence-electron chi connectivity index (χ0n) is 20.6. The first-order valence-electron chi connectivity index (χ1n) is 12.0. The summed E-state index contributed by atoms with van der Waals surface area (Å²) < 4.78 is 2.26. The van der Waals surface area contributed by atoms with Gasteiger partial charge >= 0.3 is 0 Å². The van der Waals surface area contributed by atoms with Gasteiger partial charge in [-0.15, -0.1) is 0 Å². The Bertz CT molecular complexity index is 1290. The zero-order valence-corrected chi connectivity index (χ0v) is 21.4. The fourth-order valence-electron chi connectivity index (χ4n) is 4.73. The van der Waals surface area contributed by atoms with E-state index in [0.29, 0.717) is 11.0 Å². The van der Waals surface area contributed by atoms with Gasteiger partial charge in [-0.1, -0.05) is 32.0 Å². The Balaban J connectivity index is 1.61. The van der Waals surface area contributed by atoms with Crippen LogP contribution in [-0.4, -0.2) is 28.8 Å². The van der Waals surface area contributed by atoms with E-state index in [1.165, 1.54) is 11.3 Å². The molecule has 3 heterocycles. The van der Waals surface area contributed by atoms with Gasteiger partial charge in [0.15, 0.2) is 5.11 Å². The minimum Gasteiger partial charge on any atom is -0.378 e. The number of rotatable bonds is 6. The fourth-order valence-corrected chi connectivity index (χ4v) is 5.08. The van der Waals surface area contributed by atoms with Crippen LogP contribution in [0, 0.1) is 0 Å². The molecule has 1 aliphatic heterocycles. The summed E-state index contributed by atoms with van der Waals surface area (Å²) in [7, 11) is 4.11. The second-order valence-corrected chi connectivity index (χ2v) is 9.84. The molecule has 0 radical (unpaired) electrons. The number of hydrogen-bond acceptors (Lipinski definition) is 3. The van der Waals surface area contributed by atoms with Gasteiger partial charge in [0.1, 0.15) is 6.04 Å². The summed E-state index contributed by atoms with van der Waals surface area (Å²) in [6, 6.07) is 27.6. The van der Waals surface area contributed by atoms with E-state index in [4.69, 9.17) is 17.2 Å². The Labute approximate surface area is 213 Å². The van der Waals surface area contributed by atoms with Gasteiger partial charge in [-0.2, -0.15) is 0 Å². The van der Waals surface area contributed by atoms with Crippen LogP contribution in [0.5, 0.6) is 0 Å². The number of aromatic nitrogens is 2. The third-order valence-corrected chi connectivity index (χ3v) is 6.98. The SMILES string of the molecule is CC(C)c1ccc(N2C(=S)NC(c3ccccn3)C2c2cccn2-c2ccc(N(C)C)cc2)cc1. The molecule has 0 aliphatic carbocycles. The molecule has 6 heteroatoms. The van der Waals surface area contributed by atoms with E-state index in [1.54, 1.807) is 0 Å². The molecule has 4 aromatic rings. The first-order valence-corrected chi connectivity index (χ1v) is 12.4. The quantitative estimate of drug-likeness (QED) is 0.330. The molecule has 0 spiro atoms. The molecule has 1 saturated heterocycles. The third-order valence-electron chi connectivity index (χ3n) is 6.66. The smallest absolute Gasteiger partial charge is 0.174 e. The maximum atomic E-state index is 5.91. The molecule has 1 fully saturated rings. The summed E-state index contributed by atoms with van der Waals surface area (Å²) >= 11 is 5.91. The average Bonchev–Trinajstić information content (AvgIpc) is 3.49. The van der Waals surface area contributed by atoms with Gasteiger partial charge in [0, 0.05) is 49.2 Å². The summed E-state index contributed by atoms with van der Waals surface area (Å²) in [4.78, 5) is 9.04. The van der Waals surface area contributed by atoms with Crippen molar-refractivity contribution >= 4 is 28.7 Å². The highest BCUT2D eigenvalue weighted by molar-refractivity contribution is 7.80. The molecule has 1 aliphatic rings. The molecule has 2 unspecified atom stereocenters. The molecule has 1 N–H and O–H groups in total.